The molecule has 19 nitrogen and oxygen atoms in total. The van der Waals surface area contributed by atoms with Gasteiger partial charge >= 0.3 is 5.97 Å². The van der Waals surface area contributed by atoms with Crippen LogP contribution < -0.4 is 21.0 Å². The third-order valence-corrected chi connectivity index (χ3v) is 11.6. The number of aliphatic hydroxyl groups is 2. The van der Waals surface area contributed by atoms with E-state index in [0.717, 1.165) is 40.3 Å². The molecule has 2 amide bonds. The van der Waals surface area contributed by atoms with Crippen molar-refractivity contribution in [3.8, 4) is 17.3 Å². The first-order valence-electron chi connectivity index (χ1n) is 15.4. The molecule has 0 bridgehead atoms. The number of oxime groups is 1. The minimum atomic E-state index is -1.26. The van der Waals surface area contributed by atoms with Crippen LogP contribution in [0.25, 0.3) is 11.6 Å². The predicted molar refractivity (Wildman–Crippen MR) is 192 cm³/mol. The number of amides is 2. The van der Waals surface area contributed by atoms with Gasteiger partial charge in [0.15, 0.2) is 29.0 Å². The van der Waals surface area contributed by atoms with E-state index in [1.165, 1.54) is 33.8 Å². The number of β-lactam (4-membered cyclic amide) rings is 1. The topological polar surface area (TPSA) is 284 Å². The van der Waals surface area contributed by atoms with Gasteiger partial charge in [0.1, 0.15) is 48.3 Å². The largest absolute Gasteiger partial charge is 0.503 e. The summed E-state index contributed by atoms with van der Waals surface area (Å²) in [6.07, 6.45) is 4.53. The smallest absolute Gasteiger partial charge is 0.352 e. The number of nitrogens with two attached hydrogens (primary N) is 1. The number of aromatic amines is 1. The van der Waals surface area contributed by atoms with Crippen LogP contribution in [0.5, 0.6) is 5.75 Å². The second-order valence-corrected chi connectivity index (χ2v) is 15.2. The van der Waals surface area contributed by atoms with Gasteiger partial charge in [0.05, 0.1) is 0 Å². The lowest BCUT2D eigenvalue weighted by molar-refractivity contribution is -0.726. The van der Waals surface area contributed by atoms with Crippen LogP contribution in [-0.4, -0.2) is 117 Å². The summed E-state index contributed by atoms with van der Waals surface area (Å²) in [5.74, 6) is -2.21. The van der Waals surface area contributed by atoms with Crippen molar-refractivity contribution in [1.82, 2.24) is 30.4 Å². The molecule has 53 heavy (non-hydrogen) atoms. The normalized spacial score (nSPS) is 17.2. The molecule has 0 unspecified atom stereocenters. The Morgan fingerprint density at radius 2 is 2.00 bits per heavy atom. The van der Waals surface area contributed by atoms with Gasteiger partial charge in [0, 0.05) is 51.9 Å². The van der Waals surface area contributed by atoms with E-state index in [4.69, 9.17) is 15.0 Å². The molecule has 278 valence electrons. The highest BCUT2D eigenvalue weighted by atomic mass is 32.2. The average molecular weight is 805 g/mol. The van der Waals surface area contributed by atoms with Crippen molar-refractivity contribution in [3.05, 3.63) is 69.4 Å². The number of fused-ring (bicyclic) bond motifs is 1. The summed E-state index contributed by atoms with van der Waals surface area (Å²) < 4.78 is 7.19. The predicted octanol–water partition coefficient (Wildman–Crippen LogP) is 0.0263. The van der Waals surface area contributed by atoms with Gasteiger partial charge in [0.25, 0.3) is 22.9 Å². The van der Waals surface area contributed by atoms with E-state index in [2.05, 4.69) is 30.6 Å². The highest BCUT2D eigenvalue weighted by molar-refractivity contribution is 8.01. The molecule has 23 heteroatoms. The van der Waals surface area contributed by atoms with Crippen molar-refractivity contribution >= 4 is 75.2 Å². The number of aromatic hydroxyl groups is 1. The Kier molecular flexibility index (Phi) is 12.0. The molecule has 6 heterocycles. The number of thiazole rings is 1. The molecule has 2 aliphatic rings. The Bertz CT molecular complexity index is 2120. The van der Waals surface area contributed by atoms with Gasteiger partial charge in [-0.3, -0.25) is 19.3 Å². The van der Waals surface area contributed by atoms with Gasteiger partial charge < -0.3 is 45.7 Å². The number of carbonyl (C=O) groups is 3. The summed E-state index contributed by atoms with van der Waals surface area (Å²) in [5, 5.41) is 53.8. The lowest BCUT2D eigenvalue weighted by Crippen LogP contribution is -2.71. The van der Waals surface area contributed by atoms with E-state index in [1.807, 2.05) is 0 Å². The lowest BCUT2D eigenvalue weighted by atomic mass is 10.0. The highest BCUT2D eigenvalue weighted by Gasteiger charge is 2.54. The third kappa shape index (κ3) is 8.49. The number of pyridine rings is 2. The summed E-state index contributed by atoms with van der Waals surface area (Å²) in [4.78, 5) is 65.1. The van der Waals surface area contributed by atoms with E-state index < -0.39 is 46.4 Å². The van der Waals surface area contributed by atoms with E-state index in [0.29, 0.717) is 17.1 Å². The SMILES string of the molecule is Nc1nc(/C(=N/OCCSc2nnc(-c3cc(=O)c(O)c[nH]3)o2)C(=O)N[C@@H]2C(=O)N3C(C(=O)O)=C(CSc4cc[n+](C(CO)CO)cc4)CS[C@H]23)cs1. The number of anilines is 1. The van der Waals surface area contributed by atoms with Crippen LogP contribution in [0.2, 0.25) is 0 Å². The van der Waals surface area contributed by atoms with Crippen LogP contribution >= 0.6 is 46.6 Å². The average Bonchev–Trinajstić information content (AvgIpc) is 3.81. The van der Waals surface area contributed by atoms with Crippen molar-refractivity contribution < 1.29 is 48.6 Å². The summed E-state index contributed by atoms with van der Waals surface area (Å²) in [6, 6.07) is 3.18. The maximum Gasteiger partial charge on any atom is 0.352 e. The fraction of sp³-hybridized carbons (Fsp3) is 0.300. The zero-order chi connectivity index (χ0) is 37.6. The number of aromatic nitrogens is 5. The van der Waals surface area contributed by atoms with Crippen LogP contribution in [0, 0.1) is 0 Å². The molecule has 2 aliphatic heterocycles. The zero-order valence-electron chi connectivity index (χ0n) is 27.1. The number of carboxylic acid groups (broad SMARTS) is 1. The van der Waals surface area contributed by atoms with Crippen LogP contribution in [0.3, 0.4) is 0 Å². The number of carboxylic acids is 1. The van der Waals surface area contributed by atoms with E-state index in [9.17, 15) is 39.6 Å². The summed E-state index contributed by atoms with van der Waals surface area (Å²) in [7, 11) is 0. The van der Waals surface area contributed by atoms with Gasteiger partial charge in [-0.05, 0) is 5.57 Å². The number of carbonyl (C=O) groups excluding carboxylic acids is 2. The molecular formula is C30H30N9O10S4+. The van der Waals surface area contributed by atoms with E-state index in [-0.39, 0.29) is 64.6 Å². The van der Waals surface area contributed by atoms with Crippen LogP contribution in [0.15, 0.2) is 77.9 Å². The summed E-state index contributed by atoms with van der Waals surface area (Å²) in [5.41, 5.74) is 5.67. The van der Waals surface area contributed by atoms with Gasteiger partial charge in [-0.15, -0.1) is 45.1 Å². The van der Waals surface area contributed by atoms with Crippen molar-refractivity contribution in [2.45, 2.75) is 27.6 Å². The molecule has 0 aliphatic carbocycles. The first-order chi connectivity index (χ1) is 25.6. The Labute approximate surface area is 315 Å². The maximum absolute atomic E-state index is 13.5. The first kappa shape index (κ1) is 37.8. The second-order valence-electron chi connectivity index (χ2n) is 11.1. The Morgan fingerprint density at radius 3 is 2.68 bits per heavy atom. The minimum absolute atomic E-state index is 0.0220. The minimum Gasteiger partial charge on any atom is -0.503 e. The molecule has 8 N–H and O–H groups in total. The van der Waals surface area contributed by atoms with Gasteiger partial charge in [-0.1, -0.05) is 16.9 Å². The van der Waals surface area contributed by atoms with E-state index >= 15 is 0 Å². The number of hydrogen-bond donors (Lipinski definition) is 7. The number of thioether (sulfide) groups is 3. The molecule has 1 fully saturated rings. The number of hydrogen-bond acceptors (Lipinski definition) is 18. The van der Waals surface area contributed by atoms with Gasteiger partial charge in [0.2, 0.25) is 11.5 Å². The Morgan fingerprint density at radius 1 is 1.23 bits per heavy atom. The number of H-pyrrole nitrogens is 1. The third-order valence-electron chi connectivity index (χ3n) is 7.68. The molecule has 0 radical (unpaired) electrons. The second kappa shape index (κ2) is 16.8. The van der Waals surface area contributed by atoms with Gasteiger partial charge in [-0.25, -0.2) is 9.78 Å². The monoisotopic (exact) mass is 804 g/mol. The standard InChI is InChI=1S/C30H29N9O10S4/c31-29-33-18(13-53-29)21(37-48-5-6-50-30-36-35-25(49-30)17-7-19(42)20(43)8-32-17)24(44)34-22-26(45)39-23(28(46)47)14(12-52-27(22)39)11-51-16-1-3-38(4-2-16)15(9-40)10-41/h1-4,7-8,13,15,22,27,40-41H,5-6,9-12H2,(H5-,31,32,33,34,35,37,42,43,44,46,47)/p+1/t22-,27-/m1/s1. The quantitative estimate of drug-likeness (QED) is 0.0196. The Balaban J connectivity index is 1.06. The van der Waals surface area contributed by atoms with Crippen molar-refractivity contribution in [2.24, 2.45) is 5.16 Å². The first-order valence-corrected chi connectivity index (χ1v) is 19.3. The molecule has 4 aromatic rings. The molecule has 0 aromatic carbocycles. The molecule has 1 saturated heterocycles. The van der Waals surface area contributed by atoms with Crippen LogP contribution in [-0.2, 0) is 19.2 Å². The fourth-order valence-corrected chi connectivity index (χ4v) is 8.51. The van der Waals surface area contributed by atoms with Gasteiger partial charge in [-0.2, -0.15) is 4.57 Å². The lowest BCUT2D eigenvalue weighted by Gasteiger charge is -2.49. The number of nitrogen functional groups attached to an aromatic ring is 1. The van der Waals surface area contributed by atoms with E-state index in [1.54, 1.807) is 29.1 Å². The molecule has 0 saturated carbocycles. The zero-order valence-corrected chi connectivity index (χ0v) is 30.4. The molecule has 2 atom stereocenters. The fourth-order valence-electron chi connectivity index (χ4n) is 5.03. The number of rotatable bonds is 16. The maximum atomic E-state index is 13.5. The van der Waals surface area contributed by atoms with Crippen molar-refractivity contribution in [1.29, 1.82) is 0 Å². The van der Waals surface area contributed by atoms with Crippen molar-refractivity contribution in [2.75, 3.05) is 42.8 Å². The van der Waals surface area contributed by atoms with Crippen LogP contribution in [0.1, 0.15) is 11.7 Å². The molecule has 0 spiro atoms. The highest BCUT2D eigenvalue weighted by Crippen LogP contribution is 2.41. The molecular weight excluding hydrogens is 775 g/mol. The summed E-state index contributed by atoms with van der Waals surface area (Å²) in [6.45, 7) is -0.477. The number of aliphatic hydroxyl groups excluding tert-OH is 2. The van der Waals surface area contributed by atoms with Crippen molar-refractivity contribution in [3.63, 3.8) is 0 Å². The number of aliphatic carboxylic acids is 1. The van der Waals surface area contributed by atoms with Crippen LogP contribution in [0.4, 0.5) is 5.13 Å². The molecule has 6 rings (SSSR count). The summed E-state index contributed by atoms with van der Waals surface area (Å²) >= 11 is 4.88. The number of nitrogens with one attached hydrogen (secondary N) is 2. The molecule has 4 aromatic heterocycles. The number of nitrogens with zero attached hydrogens (tertiary/aromatic N) is 6. The Hall–Kier alpha value is -4.94.